The number of unbranched alkanes of at least 4 members (excludes halogenated alkanes) is 9. The maximum Gasteiger partial charge on any atom is 0.472 e. The Bertz CT molecular complexity index is 635. The Labute approximate surface area is 208 Å². The van der Waals surface area contributed by atoms with Crippen molar-refractivity contribution >= 4 is 7.82 Å². The lowest BCUT2D eigenvalue weighted by molar-refractivity contribution is -0.0222. The van der Waals surface area contributed by atoms with Gasteiger partial charge in [-0.25, -0.2) is 4.57 Å². The molecule has 0 fully saturated rings. The van der Waals surface area contributed by atoms with E-state index in [1.807, 2.05) is 19.0 Å². The summed E-state index contributed by atoms with van der Waals surface area (Å²) in [6.07, 6.45) is 12.8. The molecule has 0 rings (SSSR count). The predicted octanol–water partition coefficient (Wildman–Crippen LogP) is 5.42. The van der Waals surface area contributed by atoms with Gasteiger partial charge in [-0.05, 0) is 33.4 Å². The Morgan fingerprint density at radius 2 is 1.44 bits per heavy atom. The number of rotatable bonds is 21. The van der Waals surface area contributed by atoms with Crippen molar-refractivity contribution in [1.29, 1.82) is 0 Å². The lowest BCUT2D eigenvalue weighted by Crippen LogP contribution is -2.24. The quantitative estimate of drug-likeness (QED) is 0.128. The highest BCUT2D eigenvalue weighted by molar-refractivity contribution is 7.47. The molecule has 8 heteroatoms. The van der Waals surface area contributed by atoms with Crippen molar-refractivity contribution in [2.24, 2.45) is 0 Å². The van der Waals surface area contributed by atoms with Crippen molar-refractivity contribution in [3.63, 3.8) is 0 Å². The number of likely N-dealkylation sites (N-methyl/N-ethyl adjacent to an activating group) is 1. The highest BCUT2D eigenvalue weighted by atomic mass is 31.2. The van der Waals surface area contributed by atoms with Crippen molar-refractivity contribution in [1.82, 2.24) is 4.90 Å². The molecule has 0 aliphatic carbocycles. The SMILES string of the molecule is CCCCCC#CCC#CCCCCCCCCOCC(COP(=O)(O)OCCN(C)C)OC. The van der Waals surface area contributed by atoms with Gasteiger partial charge in [-0.15, -0.1) is 11.8 Å². The number of hydrogen-bond donors (Lipinski definition) is 1. The van der Waals surface area contributed by atoms with Crippen LogP contribution in [0.2, 0.25) is 0 Å². The average Bonchev–Trinajstić information content (AvgIpc) is 2.79. The molecule has 0 amide bonds. The van der Waals surface area contributed by atoms with Gasteiger partial charge in [0.05, 0.1) is 26.2 Å². The summed E-state index contributed by atoms with van der Waals surface area (Å²) in [4.78, 5) is 11.5. The third-order valence-corrected chi connectivity index (χ3v) is 6.01. The van der Waals surface area contributed by atoms with Gasteiger partial charge in [-0.3, -0.25) is 9.05 Å². The fraction of sp³-hybridized carbons (Fsp3) is 0.846. The molecule has 0 radical (unpaired) electrons. The van der Waals surface area contributed by atoms with Crippen LogP contribution in [0.5, 0.6) is 0 Å². The van der Waals surface area contributed by atoms with Crippen LogP contribution in [0.4, 0.5) is 0 Å². The van der Waals surface area contributed by atoms with E-state index in [9.17, 15) is 9.46 Å². The van der Waals surface area contributed by atoms with Crippen molar-refractivity contribution in [2.45, 2.75) is 90.1 Å². The summed E-state index contributed by atoms with van der Waals surface area (Å²) in [5.41, 5.74) is 0. The number of nitrogens with zero attached hydrogens (tertiary/aromatic N) is 1. The Hall–Kier alpha value is -0.890. The van der Waals surface area contributed by atoms with Crippen LogP contribution in [-0.4, -0.2) is 70.1 Å². The maximum absolute atomic E-state index is 11.8. The van der Waals surface area contributed by atoms with Crippen LogP contribution in [0, 0.1) is 23.7 Å². The molecule has 1 N–H and O–H groups in total. The van der Waals surface area contributed by atoms with Crippen molar-refractivity contribution < 1.29 is 28.0 Å². The molecular formula is C26H48NO6P. The molecule has 0 bridgehead atoms. The molecule has 0 aliphatic heterocycles. The first-order valence-corrected chi connectivity index (χ1v) is 14.2. The maximum atomic E-state index is 11.8. The van der Waals surface area contributed by atoms with Crippen LogP contribution >= 0.6 is 7.82 Å². The van der Waals surface area contributed by atoms with Crippen molar-refractivity contribution in [2.75, 3.05) is 54.2 Å². The Morgan fingerprint density at radius 1 is 0.824 bits per heavy atom. The number of phosphoric ester groups is 1. The fourth-order valence-electron chi connectivity index (χ4n) is 2.89. The number of phosphoric acid groups is 1. The third-order valence-electron chi connectivity index (χ3n) is 5.03. The summed E-state index contributed by atoms with van der Waals surface area (Å²) < 4.78 is 32.6. The molecule has 2 atom stereocenters. The molecule has 0 spiro atoms. The van der Waals surface area contributed by atoms with Gasteiger partial charge < -0.3 is 19.3 Å². The molecule has 198 valence electrons. The zero-order valence-electron chi connectivity index (χ0n) is 22.0. The molecule has 2 unspecified atom stereocenters. The molecule has 0 aromatic rings. The van der Waals surface area contributed by atoms with Gasteiger partial charge in [0, 0.05) is 33.1 Å². The topological polar surface area (TPSA) is 77.5 Å². The highest BCUT2D eigenvalue weighted by Crippen LogP contribution is 2.43. The monoisotopic (exact) mass is 501 g/mol. The Kier molecular flexibility index (Phi) is 23.2. The molecule has 0 heterocycles. The van der Waals surface area contributed by atoms with E-state index in [1.165, 1.54) is 45.6 Å². The van der Waals surface area contributed by atoms with Crippen LogP contribution in [0.15, 0.2) is 0 Å². The van der Waals surface area contributed by atoms with Gasteiger partial charge in [0.1, 0.15) is 6.10 Å². The van der Waals surface area contributed by atoms with Gasteiger partial charge in [-0.1, -0.05) is 57.3 Å². The van der Waals surface area contributed by atoms with Crippen LogP contribution in [0.1, 0.15) is 84.0 Å². The minimum absolute atomic E-state index is 0.0549. The molecule has 34 heavy (non-hydrogen) atoms. The Morgan fingerprint density at radius 3 is 2.06 bits per heavy atom. The van der Waals surface area contributed by atoms with Crippen LogP contribution in [0.3, 0.4) is 0 Å². The second-order valence-corrected chi connectivity index (χ2v) is 10.00. The second kappa shape index (κ2) is 23.8. The zero-order chi connectivity index (χ0) is 25.3. The first-order valence-electron chi connectivity index (χ1n) is 12.7. The molecule has 0 saturated heterocycles. The molecule has 7 nitrogen and oxygen atoms in total. The van der Waals surface area contributed by atoms with E-state index in [0.29, 0.717) is 26.2 Å². The molecule has 0 aromatic heterocycles. The lowest BCUT2D eigenvalue weighted by atomic mass is 10.1. The van der Waals surface area contributed by atoms with Crippen molar-refractivity contribution in [3.05, 3.63) is 0 Å². The normalized spacial score (nSPS) is 13.6. The summed E-state index contributed by atoms with van der Waals surface area (Å²) in [5.74, 6) is 12.7. The zero-order valence-corrected chi connectivity index (χ0v) is 22.9. The number of methoxy groups -OCH3 is 1. The second-order valence-electron chi connectivity index (χ2n) is 8.55. The van der Waals surface area contributed by atoms with E-state index < -0.39 is 13.9 Å². The standard InChI is InChI=1S/C26H48NO6P/c1-5-6-7-8-9-10-11-12-13-14-15-16-17-18-19-20-22-31-24-26(30-4)25-33-34(28,29)32-23-21-27(2)3/h26H,5-8,11,14-25H2,1-4H3,(H,28,29). The van der Waals surface area contributed by atoms with Crippen LogP contribution < -0.4 is 0 Å². The number of hydrogen-bond acceptors (Lipinski definition) is 6. The lowest BCUT2D eigenvalue weighted by Gasteiger charge is -2.18. The van der Waals surface area contributed by atoms with Gasteiger partial charge in [0.2, 0.25) is 0 Å². The first kappa shape index (κ1) is 33.1. The summed E-state index contributed by atoms with van der Waals surface area (Å²) in [6, 6.07) is 0. The smallest absolute Gasteiger partial charge is 0.379 e. The summed E-state index contributed by atoms with van der Waals surface area (Å²) in [5, 5.41) is 0. The van der Waals surface area contributed by atoms with Gasteiger partial charge in [-0.2, -0.15) is 0 Å². The molecule has 0 aromatic carbocycles. The number of ether oxygens (including phenoxy) is 2. The van der Waals surface area contributed by atoms with E-state index in [4.69, 9.17) is 18.5 Å². The van der Waals surface area contributed by atoms with Gasteiger partial charge in [0.25, 0.3) is 0 Å². The van der Waals surface area contributed by atoms with Crippen molar-refractivity contribution in [3.8, 4) is 23.7 Å². The summed E-state index contributed by atoms with van der Waals surface area (Å²) in [6.45, 7) is 3.76. The molecule has 0 saturated carbocycles. The van der Waals surface area contributed by atoms with E-state index in [1.54, 1.807) is 0 Å². The summed E-state index contributed by atoms with van der Waals surface area (Å²) >= 11 is 0. The average molecular weight is 502 g/mol. The molecular weight excluding hydrogens is 453 g/mol. The largest absolute Gasteiger partial charge is 0.472 e. The van der Waals surface area contributed by atoms with Crippen LogP contribution in [0.25, 0.3) is 0 Å². The van der Waals surface area contributed by atoms with Gasteiger partial charge in [0.15, 0.2) is 0 Å². The van der Waals surface area contributed by atoms with Crippen LogP contribution in [-0.2, 0) is 23.1 Å². The fourth-order valence-corrected chi connectivity index (χ4v) is 3.63. The third kappa shape index (κ3) is 24.2. The summed E-state index contributed by atoms with van der Waals surface area (Å²) in [7, 11) is 1.17. The van der Waals surface area contributed by atoms with E-state index in [0.717, 1.165) is 32.1 Å². The minimum Gasteiger partial charge on any atom is -0.379 e. The Balaban J connectivity index is 3.59. The van der Waals surface area contributed by atoms with E-state index in [2.05, 4.69) is 30.6 Å². The van der Waals surface area contributed by atoms with Gasteiger partial charge >= 0.3 is 7.82 Å². The first-order chi connectivity index (χ1) is 16.4. The predicted molar refractivity (Wildman–Crippen MR) is 139 cm³/mol. The van der Waals surface area contributed by atoms with E-state index >= 15 is 0 Å². The molecule has 0 aliphatic rings. The van der Waals surface area contributed by atoms with E-state index in [-0.39, 0.29) is 13.2 Å². The highest BCUT2D eigenvalue weighted by Gasteiger charge is 2.23. The minimum atomic E-state index is -4.07.